The number of aryl methyl sites for hydroxylation is 3. The van der Waals surface area contributed by atoms with Crippen molar-refractivity contribution in [2.24, 2.45) is 4.99 Å². The van der Waals surface area contributed by atoms with Crippen LogP contribution in [0.15, 0.2) is 15.6 Å². The van der Waals surface area contributed by atoms with E-state index in [-0.39, 0.29) is 24.0 Å². The maximum absolute atomic E-state index is 5.32. The molecule has 0 aliphatic heterocycles. The number of hydrogen-bond acceptors (Lipinski definition) is 5. The number of rotatable bonds is 6. The second kappa shape index (κ2) is 10.2. The molecule has 144 valence electrons. The van der Waals surface area contributed by atoms with Gasteiger partial charge in [0.15, 0.2) is 11.7 Å². The number of hydrogen-bond donors (Lipinski definition) is 1. The van der Waals surface area contributed by atoms with Crippen molar-refractivity contribution in [1.82, 2.24) is 20.4 Å². The van der Waals surface area contributed by atoms with Crippen molar-refractivity contribution in [1.29, 1.82) is 0 Å². The second-order valence-corrected chi connectivity index (χ2v) is 7.52. The lowest BCUT2D eigenvalue weighted by Crippen LogP contribution is -2.38. The molecule has 0 fully saturated rings. The number of thiazole rings is 1. The minimum atomic E-state index is 0. The third-order valence-corrected chi connectivity index (χ3v) is 5.46. The molecular formula is C18H28IN5OS. The summed E-state index contributed by atoms with van der Waals surface area (Å²) in [6, 6.07) is 1.97. The zero-order valence-corrected chi connectivity index (χ0v) is 18.9. The van der Waals surface area contributed by atoms with Gasteiger partial charge in [0.2, 0.25) is 0 Å². The van der Waals surface area contributed by atoms with E-state index in [9.17, 15) is 0 Å². The SMILES string of the molecule is CCNC(=NCc1cc(CC)no1)N(C)Cc1nc2c(s1)CCCC2.I. The number of halogens is 1. The monoisotopic (exact) mass is 489 g/mol. The Morgan fingerprint density at radius 3 is 2.85 bits per heavy atom. The van der Waals surface area contributed by atoms with Crippen molar-refractivity contribution >= 4 is 41.3 Å². The summed E-state index contributed by atoms with van der Waals surface area (Å²) in [6.45, 7) is 6.24. The zero-order chi connectivity index (χ0) is 17.6. The van der Waals surface area contributed by atoms with Crippen molar-refractivity contribution in [3.8, 4) is 0 Å². The highest BCUT2D eigenvalue weighted by atomic mass is 127. The Bertz CT molecular complexity index is 703. The van der Waals surface area contributed by atoms with Gasteiger partial charge < -0.3 is 14.7 Å². The van der Waals surface area contributed by atoms with Crippen LogP contribution in [-0.2, 0) is 32.4 Å². The fraction of sp³-hybridized carbons (Fsp3) is 0.611. The lowest BCUT2D eigenvalue weighted by atomic mass is 10.0. The standard InChI is InChI=1S/C18H27N5OS.HI/c1-4-13-10-14(24-22-13)11-20-18(19-5-2)23(3)12-17-21-15-8-6-7-9-16(15)25-17;/h10H,4-9,11-12H2,1-3H3,(H,19,20);1H. The Balaban J connectivity index is 0.00000243. The van der Waals surface area contributed by atoms with Crippen LogP contribution < -0.4 is 5.32 Å². The van der Waals surface area contributed by atoms with E-state index in [1.165, 1.54) is 34.8 Å². The highest BCUT2D eigenvalue weighted by Crippen LogP contribution is 2.27. The number of fused-ring (bicyclic) bond motifs is 1. The molecule has 0 unspecified atom stereocenters. The largest absolute Gasteiger partial charge is 0.359 e. The van der Waals surface area contributed by atoms with E-state index in [4.69, 9.17) is 9.51 Å². The molecule has 0 saturated heterocycles. The van der Waals surface area contributed by atoms with Gasteiger partial charge in [-0.05, 0) is 39.0 Å². The smallest absolute Gasteiger partial charge is 0.194 e. The molecule has 0 atom stereocenters. The van der Waals surface area contributed by atoms with Gasteiger partial charge in [-0.1, -0.05) is 12.1 Å². The van der Waals surface area contributed by atoms with Crippen molar-refractivity contribution in [2.45, 2.75) is 59.0 Å². The minimum Gasteiger partial charge on any atom is -0.359 e. The van der Waals surface area contributed by atoms with Gasteiger partial charge in [-0.15, -0.1) is 35.3 Å². The van der Waals surface area contributed by atoms with Crippen molar-refractivity contribution in [2.75, 3.05) is 13.6 Å². The molecule has 1 aliphatic rings. The Labute approximate surface area is 176 Å². The second-order valence-electron chi connectivity index (χ2n) is 6.35. The first-order valence-corrected chi connectivity index (χ1v) is 9.92. The summed E-state index contributed by atoms with van der Waals surface area (Å²) in [5.74, 6) is 1.66. The average molecular weight is 489 g/mol. The van der Waals surface area contributed by atoms with Crippen LogP contribution in [0.5, 0.6) is 0 Å². The van der Waals surface area contributed by atoms with Crippen LogP contribution in [-0.4, -0.2) is 34.6 Å². The van der Waals surface area contributed by atoms with E-state index in [1.807, 2.05) is 17.4 Å². The highest BCUT2D eigenvalue weighted by molar-refractivity contribution is 14.0. The normalized spacial score (nSPS) is 13.9. The minimum absolute atomic E-state index is 0. The fourth-order valence-corrected chi connectivity index (χ4v) is 4.18. The van der Waals surface area contributed by atoms with Crippen molar-refractivity contribution in [3.05, 3.63) is 33.1 Å². The van der Waals surface area contributed by atoms with E-state index in [2.05, 4.69) is 41.3 Å². The molecule has 0 bridgehead atoms. The number of aliphatic imine (C=N–C) groups is 1. The lowest BCUT2D eigenvalue weighted by molar-refractivity contribution is 0.378. The predicted molar refractivity (Wildman–Crippen MR) is 116 cm³/mol. The first kappa shape index (κ1) is 21.1. The lowest BCUT2D eigenvalue weighted by Gasteiger charge is -2.20. The van der Waals surface area contributed by atoms with Gasteiger partial charge in [-0.2, -0.15) is 0 Å². The third-order valence-electron chi connectivity index (χ3n) is 4.31. The summed E-state index contributed by atoms with van der Waals surface area (Å²) >= 11 is 1.86. The average Bonchev–Trinajstić information content (AvgIpc) is 3.24. The van der Waals surface area contributed by atoms with Crippen LogP contribution in [0.2, 0.25) is 0 Å². The summed E-state index contributed by atoms with van der Waals surface area (Å²) in [5.41, 5.74) is 2.28. The number of nitrogens with one attached hydrogen (secondary N) is 1. The van der Waals surface area contributed by atoms with Gasteiger partial charge in [0.1, 0.15) is 11.6 Å². The van der Waals surface area contributed by atoms with Crippen LogP contribution in [0.4, 0.5) is 0 Å². The Kier molecular flexibility index (Phi) is 8.33. The molecule has 2 aromatic heterocycles. The number of guanidine groups is 1. The van der Waals surface area contributed by atoms with E-state index in [1.54, 1.807) is 0 Å². The number of aromatic nitrogens is 2. The highest BCUT2D eigenvalue weighted by Gasteiger charge is 2.17. The van der Waals surface area contributed by atoms with Crippen molar-refractivity contribution < 1.29 is 4.52 Å². The Morgan fingerprint density at radius 2 is 2.15 bits per heavy atom. The van der Waals surface area contributed by atoms with Gasteiger partial charge in [0, 0.05) is 24.5 Å². The van der Waals surface area contributed by atoms with Gasteiger partial charge in [0.05, 0.1) is 17.9 Å². The van der Waals surface area contributed by atoms with Crippen LogP contribution in [0.1, 0.15) is 53.7 Å². The van der Waals surface area contributed by atoms with Gasteiger partial charge >= 0.3 is 0 Å². The molecule has 0 aromatic carbocycles. The topological polar surface area (TPSA) is 66.6 Å². The van der Waals surface area contributed by atoms with E-state index in [0.717, 1.165) is 43.3 Å². The van der Waals surface area contributed by atoms with Gasteiger partial charge in [0.25, 0.3) is 0 Å². The molecule has 0 amide bonds. The maximum atomic E-state index is 5.32. The molecule has 0 spiro atoms. The van der Waals surface area contributed by atoms with Crippen LogP contribution in [0.3, 0.4) is 0 Å². The van der Waals surface area contributed by atoms with Crippen molar-refractivity contribution in [3.63, 3.8) is 0 Å². The summed E-state index contributed by atoms with van der Waals surface area (Å²) in [6.07, 6.45) is 5.77. The molecule has 0 radical (unpaired) electrons. The fourth-order valence-electron chi connectivity index (χ4n) is 2.97. The van der Waals surface area contributed by atoms with Crippen LogP contribution in [0.25, 0.3) is 0 Å². The van der Waals surface area contributed by atoms with Gasteiger partial charge in [-0.3, -0.25) is 0 Å². The Morgan fingerprint density at radius 1 is 1.35 bits per heavy atom. The molecule has 26 heavy (non-hydrogen) atoms. The third kappa shape index (κ3) is 5.42. The van der Waals surface area contributed by atoms with Crippen LogP contribution >= 0.6 is 35.3 Å². The first-order valence-electron chi connectivity index (χ1n) is 9.11. The predicted octanol–water partition coefficient (Wildman–Crippen LogP) is 3.79. The summed E-state index contributed by atoms with van der Waals surface area (Å²) in [7, 11) is 2.06. The maximum Gasteiger partial charge on any atom is 0.194 e. The molecule has 3 rings (SSSR count). The molecular weight excluding hydrogens is 461 g/mol. The molecule has 1 N–H and O–H groups in total. The summed E-state index contributed by atoms with van der Waals surface area (Å²) in [4.78, 5) is 13.1. The number of nitrogens with zero attached hydrogens (tertiary/aromatic N) is 4. The van der Waals surface area contributed by atoms with E-state index < -0.39 is 0 Å². The summed E-state index contributed by atoms with van der Waals surface area (Å²) in [5, 5.41) is 8.54. The molecule has 0 saturated carbocycles. The quantitative estimate of drug-likeness (QED) is 0.380. The molecule has 8 heteroatoms. The molecule has 6 nitrogen and oxygen atoms in total. The Hall–Kier alpha value is -1.16. The van der Waals surface area contributed by atoms with Crippen LogP contribution in [0, 0.1) is 0 Å². The molecule has 1 aliphatic carbocycles. The van der Waals surface area contributed by atoms with E-state index in [0.29, 0.717) is 6.54 Å². The van der Waals surface area contributed by atoms with E-state index >= 15 is 0 Å². The molecule has 2 aromatic rings. The van der Waals surface area contributed by atoms with Gasteiger partial charge in [-0.25, -0.2) is 9.98 Å². The first-order chi connectivity index (χ1) is 12.2. The summed E-state index contributed by atoms with van der Waals surface area (Å²) < 4.78 is 5.32. The zero-order valence-electron chi connectivity index (χ0n) is 15.7. The molecule has 2 heterocycles.